The van der Waals surface area contributed by atoms with E-state index in [1.54, 1.807) is 19.1 Å². The number of ether oxygens (including phenoxy) is 1. The normalized spacial score (nSPS) is 21.7. The molecule has 3 amide bonds. The highest BCUT2D eigenvalue weighted by atomic mass is 16.5. The predicted molar refractivity (Wildman–Crippen MR) is 92.2 cm³/mol. The molecule has 0 radical (unpaired) electrons. The van der Waals surface area contributed by atoms with Gasteiger partial charge in [-0.05, 0) is 31.0 Å². The van der Waals surface area contributed by atoms with Crippen LogP contribution >= 0.6 is 0 Å². The minimum Gasteiger partial charge on any atom is -0.461 e. The van der Waals surface area contributed by atoms with E-state index in [2.05, 4.69) is 5.10 Å². The Morgan fingerprint density at radius 2 is 1.77 bits per heavy atom. The molecule has 2 atom stereocenters. The van der Waals surface area contributed by atoms with E-state index in [-0.39, 0.29) is 12.3 Å². The molecule has 1 saturated heterocycles. The standard InChI is InChI=1S/C18H19N3O5/c1-4-11-6-8-12(9-7-11)20-16(23)13-14(18(25)26-5-2)19-21(10(3)22)15(13)17(20)24/h6-9,13,15H,4-5H2,1-3H3/t13-,15+/m0/s1. The summed E-state index contributed by atoms with van der Waals surface area (Å²) in [6.07, 6.45) is 0.825. The van der Waals surface area contributed by atoms with Gasteiger partial charge in [-0.15, -0.1) is 0 Å². The summed E-state index contributed by atoms with van der Waals surface area (Å²) in [6, 6.07) is 5.86. The van der Waals surface area contributed by atoms with E-state index in [9.17, 15) is 19.2 Å². The zero-order valence-corrected chi connectivity index (χ0v) is 14.8. The summed E-state index contributed by atoms with van der Waals surface area (Å²) in [6.45, 7) is 4.94. The van der Waals surface area contributed by atoms with Gasteiger partial charge in [-0.3, -0.25) is 14.4 Å². The molecule has 26 heavy (non-hydrogen) atoms. The predicted octanol–water partition coefficient (Wildman–Crippen LogP) is 0.888. The lowest BCUT2D eigenvalue weighted by Crippen LogP contribution is -2.41. The molecule has 0 spiro atoms. The van der Waals surface area contributed by atoms with Crippen LogP contribution in [0.3, 0.4) is 0 Å². The van der Waals surface area contributed by atoms with Crippen molar-refractivity contribution >= 4 is 35.1 Å². The average Bonchev–Trinajstić information content (AvgIpc) is 3.13. The SMILES string of the molecule is CCOC(=O)C1=NN(C(C)=O)[C@H]2C(=O)N(c3ccc(CC)cc3)C(=O)[C@@H]12. The molecule has 0 unspecified atom stereocenters. The van der Waals surface area contributed by atoms with Crippen LogP contribution in [0.4, 0.5) is 5.69 Å². The molecular formula is C18H19N3O5. The van der Waals surface area contributed by atoms with Crippen LogP contribution in [-0.2, 0) is 30.3 Å². The number of aryl methyl sites for hydroxylation is 1. The molecule has 1 fully saturated rings. The number of carbonyl (C=O) groups is 4. The lowest BCUT2D eigenvalue weighted by molar-refractivity contribution is -0.136. The monoisotopic (exact) mass is 357 g/mol. The van der Waals surface area contributed by atoms with Crippen molar-refractivity contribution in [1.82, 2.24) is 5.01 Å². The van der Waals surface area contributed by atoms with Crippen LogP contribution in [0.1, 0.15) is 26.3 Å². The number of esters is 1. The van der Waals surface area contributed by atoms with Gasteiger partial charge in [0.15, 0.2) is 11.8 Å². The van der Waals surface area contributed by atoms with Gasteiger partial charge in [-0.1, -0.05) is 19.1 Å². The number of amides is 3. The van der Waals surface area contributed by atoms with Crippen LogP contribution in [-0.4, -0.2) is 47.1 Å². The summed E-state index contributed by atoms with van der Waals surface area (Å²) in [5.41, 5.74) is 1.25. The number of anilines is 1. The summed E-state index contributed by atoms with van der Waals surface area (Å²) >= 11 is 0. The number of hydrogen-bond donors (Lipinski definition) is 0. The van der Waals surface area contributed by atoms with Crippen LogP contribution < -0.4 is 4.90 Å². The van der Waals surface area contributed by atoms with E-state index in [1.165, 1.54) is 6.92 Å². The highest BCUT2D eigenvalue weighted by Crippen LogP contribution is 2.35. The highest BCUT2D eigenvalue weighted by Gasteiger charge is 2.59. The summed E-state index contributed by atoms with van der Waals surface area (Å²) in [5.74, 6) is -3.63. The molecule has 3 rings (SSSR count). The molecule has 2 aliphatic heterocycles. The Morgan fingerprint density at radius 1 is 1.12 bits per heavy atom. The van der Waals surface area contributed by atoms with Crippen LogP contribution in [0.2, 0.25) is 0 Å². The molecule has 0 bridgehead atoms. The minimum absolute atomic E-state index is 0.0969. The van der Waals surface area contributed by atoms with Crippen LogP contribution in [0, 0.1) is 5.92 Å². The number of hydrazone groups is 1. The topological polar surface area (TPSA) is 96.3 Å². The Kier molecular flexibility index (Phi) is 4.58. The van der Waals surface area contributed by atoms with E-state index in [0.29, 0.717) is 5.69 Å². The van der Waals surface area contributed by atoms with Gasteiger partial charge >= 0.3 is 5.97 Å². The van der Waals surface area contributed by atoms with Crippen molar-refractivity contribution in [2.45, 2.75) is 33.2 Å². The van der Waals surface area contributed by atoms with E-state index < -0.39 is 35.7 Å². The van der Waals surface area contributed by atoms with Crippen molar-refractivity contribution < 1.29 is 23.9 Å². The van der Waals surface area contributed by atoms with Crippen LogP contribution in [0.25, 0.3) is 0 Å². The lowest BCUT2D eigenvalue weighted by Gasteiger charge is -2.19. The second-order valence-corrected chi connectivity index (χ2v) is 6.02. The highest BCUT2D eigenvalue weighted by molar-refractivity contribution is 6.47. The van der Waals surface area contributed by atoms with Crippen molar-refractivity contribution in [2.75, 3.05) is 11.5 Å². The lowest BCUT2D eigenvalue weighted by atomic mass is 9.98. The summed E-state index contributed by atoms with van der Waals surface area (Å²) in [7, 11) is 0. The zero-order chi connectivity index (χ0) is 19.0. The van der Waals surface area contributed by atoms with Gasteiger partial charge in [0.05, 0.1) is 12.3 Å². The molecule has 0 saturated carbocycles. The summed E-state index contributed by atoms with van der Waals surface area (Å²) in [4.78, 5) is 50.8. The molecule has 8 heteroatoms. The van der Waals surface area contributed by atoms with Crippen molar-refractivity contribution in [1.29, 1.82) is 0 Å². The summed E-state index contributed by atoms with van der Waals surface area (Å²) < 4.78 is 4.93. The second kappa shape index (κ2) is 6.70. The number of benzene rings is 1. The van der Waals surface area contributed by atoms with Gasteiger partial charge in [-0.2, -0.15) is 5.10 Å². The quantitative estimate of drug-likeness (QED) is 0.589. The largest absolute Gasteiger partial charge is 0.461 e. The molecule has 0 aromatic heterocycles. The number of carbonyl (C=O) groups excluding carboxylic acids is 4. The maximum absolute atomic E-state index is 12.9. The first-order chi connectivity index (χ1) is 12.4. The first kappa shape index (κ1) is 17.8. The summed E-state index contributed by atoms with van der Waals surface area (Å²) in [5, 5.41) is 4.80. The molecule has 1 aromatic rings. The molecule has 0 aliphatic carbocycles. The number of nitrogens with zero attached hydrogens (tertiary/aromatic N) is 3. The van der Waals surface area contributed by atoms with E-state index in [4.69, 9.17) is 4.74 Å². The number of fused-ring (bicyclic) bond motifs is 1. The van der Waals surface area contributed by atoms with Crippen LogP contribution in [0.5, 0.6) is 0 Å². The van der Waals surface area contributed by atoms with Gasteiger partial charge in [0.25, 0.3) is 5.91 Å². The first-order valence-electron chi connectivity index (χ1n) is 8.42. The van der Waals surface area contributed by atoms with Crippen molar-refractivity contribution in [2.24, 2.45) is 11.0 Å². The van der Waals surface area contributed by atoms with E-state index in [0.717, 1.165) is 21.9 Å². The first-order valence-corrected chi connectivity index (χ1v) is 8.42. The van der Waals surface area contributed by atoms with Gasteiger partial charge in [-0.25, -0.2) is 14.7 Å². The number of rotatable bonds is 4. The maximum atomic E-state index is 12.9. The zero-order valence-electron chi connectivity index (χ0n) is 14.8. The maximum Gasteiger partial charge on any atom is 0.355 e. The van der Waals surface area contributed by atoms with E-state index in [1.807, 2.05) is 19.1 Å². The Morgan fingerprint density at radius 3 is 2.31 bits per heavy atom. The molecule has 0 N–H and O–H groups in total. The fraction of sp³-hybridized carbons (Fsp3) is 0.389. The van der Waals surface area contributed by atoms with Gasteiger partial charge < -0.3 is 4.74 Å². The molecule has 1 aromatic carbocycles. The molecule has 8 nitrogen and oxygen atoms in total. The number of imide groups is 1. The average molecular weight is 357 g/mol. The second-order valence-electron chi connectivity index (χ2n) is 6.02. The number of hydrogen-bond acceptors (Lipinski definition) is 6. The van der Waals surface area contributed by atoms with Gasteiger partial charge in [0.2, 0.25) is 11.8 Å². The minimum atomic E-state index is -1.15. The Balaban J connectivity index is 2.00. The molecule has 2 aliphatic rings. The Bertz CT molecular complexity index is 815. The van der Waals surface area contributed by atoms with Crippen molar-refractivity contribution in [3.05, 3.63) is 29.8 Å². The van der Waals surface area contributed by atoms with Gasteiger partial charge in [0.1, 0.15) is 5.92 Å². The third-order valence-electron chi connectivity index (χ3n) is 4.46. The molecule has 2 heterocycles. The fourth-order valence-corrected chi connectivity index (χ4v) is 3.18. The van der Waals surface area contributed by atoms with E-state index >= 15 is 0 Å². The van der Waals surface area contributed by atoms with Crippen molar-refractivity contribution in [3.63, 3.8) is 0 Å². The molecular weight excluding hydrogens is 338 g/mol. The van der Waals surface area contributed by atoms with Crippen LogP contribution in [0.15, 0.2) is 29.4 Å². The van der Waals surface area contributed by atoms with Crippen molar-refractivity contribution in [3.8, 4) is 0 Å². The van der Waals surface area contributed by atoms with Gasteiger partial charge in [0, 0.05) is 6.92 Å². The fourth-order valence-electron chi connectivity index (χ4n) is 3.18. The smallest absolute Gasteiger partial charge is 0.355 e. The Labute approximate surface area is 150 Å². The third-order valence-corrected chi connectivity index (χ3v) is 4.46. The molecule has 136 valence electrons. The third kappa shape index (κ3) is 2.67. The Hall–Kier alpha value is -3.03.